The third-order valence-electron chi connectivity index (χ3n) is 4.19. The van der Waals surface area contributed by atoms with Crippen molar-refractivity contribution in [2.45, 2.75) is 0 Å². The summed E-state index contributed by atoms with van der Waals surface area (Å²) in [6, 6.07) is 12.9. The highest BCUT2D eigenvalue weighted by Crippen LogP contribution is 2.37. The maximum absolute atomic E-state index is 12.7. The second-order valence-electron chi connectivity index (χ2n) is 6.00. The largest absolute Gasteiger partial charge is 0.402 e. The number of carbonyl (C=O) groups is 1. The van der Waals surface area contributed by atoms with Crippen molar-refractivity contribution in [1.29, 1.82) is 0 Å². The molecule has 0 radical (unpaired) electrons. The molecule has 0 fully saturated rings. The predicted molar refractivity (Wildman–Crippen MR) is 111 cm³/mol. The molecule has 9 heteroatoms. The van der Waals surface area contributed by atoms with Gasteiger partial charge < -0.3 is 14.7 Å². The molecule has 2 aromatic carbocycles. The van der Waals surface area contributed by atoms with Gasteiger partial charge in [-0.15, -0.1) is 0 Å². The molecule has 0 atom stereocenters. The topological polar surface area (TPSA) is 105 Å². The summed E-state index contributed by atoms with van der Waals surface area (Å²) in [4.78, 5) is 44.2. The van der Waals surface area contributed by atoms with E-state index in [1.807, 2.05) is 0 Å². The Morgan fingerprint density at radius 1 is 1.07 bits per heavy atom. The molecule has 2 aromatic heterocycles. The number of halogens is 2. The van der Waals surface area contributed by atoms with Crippen molar-refractivity contribution in [2.75, 3.05) is 5.32 Å². The van der Waals surface area contributed by atoms with E-state index in [4.69, 9.17) is 27.6 Å². The van der Waals surface area contributed by atoms with Gasteiger partial charge in [-0.3, -0.25) is 9.59 Å². The van der Waals surface area contributed by atoms with Crippen LogP contribution in [0.1, 0.15) is 10.4 Å². The Labute approximate surface area is 172 Å². The van der Waals surface area contributed by atoms with Crippen molar-refractivity contribution in [1.82, 2.24) is 9.97 Å². The number of H-pyrrole nitrogens is 1. The number of rotatable bonds is 3. The lowest BCUT2D eigenvalue weighted by molar-refractivity contribution is 0.102. The molecule has 7 nitrogen and oxygen atoms in total. The standard InChI is InChI=1S/C20H11Cl2N3O4/c21-11-6-7-12(13(22)8-11)14-15-18(27)23-9-24-19(15)29-20(28)16(14)25-17(26)10-4-2-1-3-5-10/h1-9H,(H,25,26)(H,23,24,27). The average Bonchev–Trinajstić information content (AvgIpc) is 2.70. The first-order chi connectivity index (χ1) is 14.0. The first-order valence-corrected chi connectivity index (χ1v) is 9.07. The summed E-state index contributed by atoms with van der Waals surface area (Å²) < 4.78 is 5.17. The van der Waals surface area contributed by atoms with Crippen molar-refractivity contribution in [3.63, 3.8) is 0 Å². The minimum Gasteiger partial charge on any atom is -0.402 e. The van der Waals surface area contributed by atoms with E-state index in [0.29, 0.717) is 16.1 Å². The maximum Gasteiger partial charge on any atom is 0.362 e. The number of nitrogens with zero attached hydrogens (tertiary/aromatic N) is 1. The summed E-state index contributed by atoms with van der Waals surface area (Å²) in [5.74, 6) is -0.552. The molecule has 2 N–H and O–H groups in total. The average molecular weight is 428 g/mol. The number of benzene rings is 2. The predicted octanol–water partition coefficient (Wildman–Crippen LogP) is 4.10. The number of fused-ring (bicyclic) bond motifs is 1. The highest BCUT2D eigenvalue weighted by atomic mass is 35.5. The fourth-order valence-electron chi connectivity index (χ4n) is 2.90. The molecule has 0 spiro atoms. The molecule has 4 aromatic rings. The molecule has 144 valence electrons. The van der Waals surface area contributed by atoms with E-state index in [-0.39, 0.29) is 27.4 Å². The van der Waals surface area contributed by atoms with Gasteiger partial charge in [-0.25, -0.2) is 9.78 Å². The summed E-state index contributed by atoms with van der Waals surface area (Å²) in [7, 11) is 0. The molecule has 1 amide bonds. The zero-order chi connectivity index (χ0) is 20.5. The van der Waals surface area contributed by atoms with Gasteiger partial charge in [0.1, 0.15) is 11.1 Å². The van der Waals surface area contributed by atoms with Gasteiger partial charge >= 0.3 is 5.63 Å². The first-order valence-electron chi connectivity index (χ1n) is 8.32. The Kier molecular flexibility index (Phi) is 4.92. The monoisotopic (exact) mass is 427 g/mol. The Hall–Kier alpha value is -3.42. The highest BCUT2D eigenvalue weighted by molar-refractivity contribution is 6.37. The van der Waals surface area contributed by atoms with Crippen LogP contribution in [-0.2, 0) is 0 Å². The molecule has 0 unspecified atom stereocenters. The van der Waals surface area contributed by atoms with Crippen LogP contribution in [0.5, 0.6) is 0 Å². The zero-order valence-corrected chi connectivity index (χ0v) is 16.0. The van der Waals surface area contributed by atoms with Crippen molar-refractivity contribution < 1.29 is 9.21 Å². The Bertz CT molecular complexity index is 1360. The van der Waals surface area contributed by atoms with Crippen LogP contribution < -0.4 is 16.5 Å². The molecule has 0 bridgehead atoms. The molecule has 4 rings (SSSR count). The van der Waals surface area contributed by atoms with E-state index < -0.39 is 17.1 Å². The molecular formula is C20H11Cl2N3O4. The van der Waals surface area contributed by atoms with Crippen molar-refractivity contribution >= 4 is 45.9 Å². The van der Waals surface area contributed by atoms with E-state index in [0.717, 1.165) is 6.33 Å². The van der Waals surface area contributed by atoms with Crippen LogP contribution in [0, 0.1) is 0 Å². The molecule has 2 heterocycles. The molecule has 0 saturated heterocycles. The number of anilines is 1. The lowest BCUT2D eigenvalue weighted by Crippen LogP contribution is -2.21. The number of carbonyl (C=O) groups excluding carboxylic acids is 1. The van der Waals surface area contributed by atoms with Crippen LogP contribution in [0.2, 0.25) is 10.0 Å². The van der Waals surface area contributed by atoms with Gasteiger partial charge in [0.2, 0.25) is 5.71 Å². The fourth-order valence-corrected chi connectivity index (χ4v) is 3.40. The number of aromatic nitrogens is 2. The van der Waals surface area contributed by atoms with E-state index in [1.165, 1.54) is 6.07 Å². The molecule has 29 heavy (non-hydrogen) atoms. The van der Waals surface area contributed by atoms with Crippen LogP contribution in [0.4, 0.5) is 5.69 Å². The molecule has 0 saturated carbocycles. The van der Waals surface area contributed by atoms with Crippen LogP contribution in [0.3, 0.4) is 0 Å². The minimum absolute atomic E-state index is 0.0281. The Morgan fingerprint density at radius 2 is 1.83 bits per heavy atom. The Morgan fingerprint density at radius 3 is 2.55 bits per heavy atom. The normalized spacial score (nSPS) is 10.8. The minimum atomic E-state index is -0.874. The van der Waals surface area contributed by atoms with Crippen LogP contribution >= 0.6 is 23.2 Å². The summed E-state index contributed by atoms with van der Waals surface area (Å²) in [6.07, 6.45) is 1.11. The molecular weight excluding hydrogens is 417 g/mol. The van der Waals surface area contributed by atoms with Crippen LogP contribution in [0.15, 0.2) is 68.9 Å². The second-order valence-corrected chi connectivity index (χ2v) is 6.84. The maximum atomic E-state index is 12.7. The van der Waals surface area contributed by atoms with Gasteiger partial charge in [-0.2, -0.15) is 0 Å². The number of amides is 1. The van der Waals surface area contributed by atoms with Gasteiger partial charge in [-0.05, 0) is 24.3 Å². The SMILES string of the molecule is O=C(Nc1c(-c2ccc(Cl)cc2Cl)c2c(=O)[nH]cnc2oc1=O)c1ccccc1. The van der Waals surface area contributed by atoms with E-state index in [9.17, 15) is 14.4 Å². The van der Waals surface area contributed by atoms with Gasteiger partial charge in [-0.1, -0.05) is 47.5 Å². The van der Waals surface area contributed by atoms with Gasteiger partial charge in [0.25, 0.3) is 11.5 Å². The van der Waals surface area contributed by atoms with Crippen LogP contribution in [-0.4, -0.2) is 15.9 Å². The fraction of sp³-hybridized carbons (Fsp3) is 0. The van der Waals surface area contributed by atoms with E-state index >= 15 is 0 Å². The first kappa shape index (κ1) is 18.9. The quantitative estimate of drug-likeness (QED) is 0.511. The molecule has 0 aliphatic rings. The second kappa shape index (κ2) is 7.54. The van der Waals surface area contributed by atoms with Gasteiger partial charge in [0.15, 0.2) is 0 Å². The summed E-state index contributed by atoms with van der Waals surface area (Å²) in [5, 5.41) is 3.06. The number of hydrogen-bond acceptors (Lipinski definition) is 5. The lowest BCUT2D eigenvalue weighted by atomic mass is 10.0. The molecule has 0 aliphatic carbocycles. The lowest BCUT2D eigenvalue weighted by Gasteiger charge is -2.13. The Balaban J connectivity index is 2.02. The molecule has 0 aliphatic heterocycles. The highest BCUT2D eigenvalue weighted by Gasteiger charge is 2.23. The number of hydrogen-bond donors (Lipinski definition) is 2. The smallest absolute Gasteiger partial charge is 0.362 e. The summed E-state index contributed by atoms with van der Waals surface area (Å²) in [5.41, 5.74) is -1.12. The van der Waals surface area contributed by atoms with Crippen LogP contribution in [0.25, 0.3) is 22.2 Å². The summed E-state index contributed by atoms with van der Waals surface area (Å²) >= 11 is 12.3. The van der Waals surface area contributed by atoms with Crippen molar-refractivity contribution in [3.8, 4) is 11.1 Å². The van der Waals surface area contributed by atoms with Crippen molar-refractivity contribution in [3.05, 3.63) is 91.2 Å². The summed E-state index contributed by atoms with van der Waals surface area (Å²) in [6.45, 7) is 0. The van der Waals surface area contributed by atoms with Crippen molar-refractivity contribution in [2.24, 2.45) is 0 Å². The van der Waals surface area contributed by atoms with Gasteiger partial charge in [0.05, 0.1) is 6.33 Å². The number of aromatic amines is 1. The zero-order valence-electron chi connectivity index (χ0n) is 14.5. The van der Waals surface area contributed by atoms with Gasteiger partial charge in [0, 0.05) is 26.7 Å². The third kappa shape index (κ3) is 3.53. The van der Waals surface area contributed by atoms with E-state index in [1.54, 1.807) is 42.5 Å². The third-order valence-corrected chi connectivity index (χ3v) is 4.73. The van der Waals surface area contributed by atoms with E-state index in [2.05, 4.69) is 15.3 Å². The number of nitrogens with one attached hydrogen (secondary N) is 2.